The van der Waals surface area contributed by atoms with E-state index in [9.17, 15) is 14.4 Å². The van der Waals surface area contributed by atoms with E-state index in [-0.39, 0.29) is 29.6 Å². The van der Waals surface area contributed by atoms with Crippen molar-refractivity contribution in [3.63, 3.8) is 0 Å². The highest BCUT2D eigenvalue weighted by Gasteiger charge is 2.37. The minimum Gasteiger partial charge on any atom is -0.353 e. The molecule has 1 aliphatic heterocycles. The van der Waals surface area contributed by atoms with E-state index in [1.54, 1.807) is 0 Å². The molecule has 152 valence electrons. The van der Waals surface area contributed by atoms with Crippen LogP contribution in [0.15, 0.2) is 0 Å². The summed E-state index contributed by atoms with van der Waals surface area (Å²) in [6.07, 6.45) is 11.8. The van der Waals surface area contributed by atoms with Gasteiger partial charge >= 0.3 is 0 Å². The molecule has 27 heavy (non-hydrogen) atoms. The molecule has 6 nitrogen and oxygen atoms in total. The van der Waals surface area contributed by atoms with Crippen molar-refractivity contribution in [2.75, 3.05) is 13.1 Å². The zero-order valence-electron chi connectivity index (χ0n) is 16.7. The summed E-state index contributed by atoms with van der Waals surface area (Å²) < 4.78 is 0. The van der Waals surface area contributed by atoms with E-state index in [1.807, 2.05) is 4.90 Å². The Labute approximate surface area is 162 Å². The third-order valence-corrected chi connectivity index (χ3v) is 6.55. The SMILES string of the molecule is CC(=O)NC(C(=O)N1CCCC(C(=O)NC2CCCCC2)C1)C1CCCC1. The Kier molecular flexibility index (Phi) is 7.13. The van der Waals surface area contributed by atoms with Gasteiger partial charge in [0.1, 0.15) is 6.04 Å². The number of rotatable bonds is 5. The van der Waals surface area contributed by atoms with E-state index in [1.165, 1.54) is 26.2 Å². The topological polar surface area (TPSA) is 78.5 Å². The number of nitrogens with one attached hydrogen (secondary N) is 2. The standard InChI is InChI=1S/C21H35N3O3/c1-15(25)22-19(16-8-5-6-9-16)21(27)24-13-7-10-17(14-24)20(26)23-18-11-3-2-4-12-18/h16-19H,2-14H2,1H3,(H,22,25)(H,23,26). The van der Waals surface area contributed by atoms with Crippen molar-refractivity contribution in [2.24, 2.45) is 11.8 Å². The van der Waals surface area contributed by atoms with Crippen molar-refractivity contribution in [1.82, 2.24) is 15.5 Å². The van der Waals surface area contributed by atoms with Crippen LogP contribution in [0.2, 0.25) is 0 Å². The number of carbonyl (C=O) groups excluding carboxylic acids is 3. The molecule has 3 rings (SSSR count). The van der Waals surface area contributed by atoms with Crippen LogP contribution in [0.4, 0.5) is 0 Å². The van der Waals surface area contributed by atoms with E-state index in [0.717, 1.165) is 51.4 Å². The lowest BCUT2D eigenvalue weighted by Crippen LogP contribution is -2.55. The Morgan fingerprint density at radius 1 is 0.889 bits per heavy atom. The maximum Gasteiger partial charge on any atom is 0.245 e. The summed E-state index contributed by atoms with van der Waals surface area (Å²) in [6.45, 7) is 2.65. The Hall–Kier alpha value is -1.59. The van der Waals surface area contributed by atoms with Gasteiger partial charge in [-0.3, -0.25) is 14.4 Å². The van der Waals surface area contributed by atoms with E-state index in [0.29, 0.717) is 19.1 Å². The summed E-state index contributed by atoms with van der Waals surface area (Å²) >= 11 is 0. The minimum absolute atomic E-state index is 0.00673. The molecule has 2 N–H and O–H groups in total. The summed E-state index contributed by atoms with van der Waals surface area (Å²) in [5.41, 5.74) is 0. The molecule has 2 unspecified atom stereocenters. The van der Waals surface area contributed by atoms with Gasteiger partial charge < -0.3 is 15.5 Å². The number of nitrogens with zero attached hydrogens (tertiary/aromatic N) is 1. The maximum atomic E-state index is 13.2. The predicted molar refractivity (Wildman–Crippen MR) is 104 cm³/mol. The summed E-state index contributed by atoms with van der Waals surface area (Å²) in [5, 5.41) is 6.12. The zero-order chi connectivity index (χ0) is 19.2. The minimum atomic E-state index is -0.426. The van der Waals surface area contributed by atoms with Gasteiger partial charge in [-0.05, 0) is 44.4 Å². The molecule has 3 aliphatic rings. The van der Waals surface area contributed by atoms with Crippen molar-refractivity contribution in [2.45, 2.75) is 89.6 Å². The number of hydrogen-bond donors (Lipinski definition) is 2. The first-order chi connectivity index (χ1) is 13.0. The quantitative estimate of drug-likeness (QED) is 0.772. The summed E-state index contributed by atoms with van der Waals surface area (Å²) in [5.74, 6) is 0.0801. The van der Waals surface area contributed by atoms with Gasteiger partial charge in [-0.2, -0.15) is 0 Å². The molecule has 0 aromatic carbocycles. The first-order valence-electron chi connectivity index (χ1n) is 10.9. The van der Waals surface area contributed by atoms with Gasteiger partial charge in [0.2, 0.25) is 17.7 Å². The second-order valence-electron chi connectivity index (χ2n) is 8.69. The summed E-state index contributed by atoms with van der Waals surface area (Å²) in [7, 11) is 0. The van der Waals surface area contributed by atoms with Crippen LogP contribution in [0.25, 0.3) is 0 Å². The molecule has 2 saturated carbocycles. The zero-order valence-corrected chi connectivity index (χ0v) is 16.7. The van der Waals surface area contributed by atoms with Crippen LogP contribution >= 0.6 is 0 Å². The number of carbonyl (C=O) groups is 3. The van der Waals surface area contributed by atoms with Crippen LogP contribution in [0.3, 0.4) is 0 Å². The lowest BCUT2D eigenvalue weighted by Gasteiger charge is -2.36. The average Bonchev–Trinajstić information content (AvgIpc) is 3.21. The van der Waals surface area contributed by atoms with Gasteiger partial charge in [0.15, 0.2) is 0 Å². The van der Waals surface area contributed by atoms with Crippen molar-refractivity contribution in [3.05, 3.63) is 0 Å². The predicted octanol–water partition coefficient (Wildman–Crippen LogP) is 2.37. The molecule has 0 aromatic heterocycles. The fourth-order valence-electron chi connectivity index (χ4n) is 5.04. The number of piperidine rings is 1. The lowest BCUT2D eigenvalue weighted by atomic mass is 9.91. The number of likely N-dealkylation sites (tertiary alicyclic amines) is 1. The third-order valence-electron chi connectivity index (χ3n) is 6.55. The van der Waals surface area contributed by atoms with Crippen LogP contribution in [0.1, 0.15) is 77.6 Å². The van der Waals surface area contributed by atoms with Gasteiger partial charge in [0.05, 0.1) is 5.92 Å². The molecule has 3 fully saturated rings. The molecule has 1 saturated heterocycles. The highest BCUT2D eigenvalue weighted by Crippen LogP contribution is 2.30. The van der Waals surface area contributed by atoms with E-state index >= 15 is 0 Å². The van der Waals surface area contributed by atoms with Crippen LogP contribution in [-0.2, 0) is 14.4 Å². The van der Waals surface area contributed by atoms with Crippen molar-refractivity contribution in [3.8, 4) is 0 Å². The van der Waals surface area contributed by atoms with Crippen LogP contribution in [0.5, 0.6) is 0 Å². The van der Waals surface area contributed by atoms with Crippen molar-refractivity contribution >= 4 is 17.7 Å². The molecule has 6 heteroatoms. The summed E-state index contributed by atoms with van der Waals surface area (Å²) in [6, 6.07) is -0.117. The molecule has 1 heterocycles. The monoisotopic (exact) mass is 377 g/mol. The molecule has 2 atom stereocenters. The first kappa shape index (κ1) is 20.2. The van der Waals surface area contributed by atoms with Gasteiger partial charge in [-0.15, -0.1) is 0 Å². The Morgan fingerprint density at radius 3 is 2.22 bits per heavy atom. The van der Waals surface area contributed by atoms with Crippen LogP contribution in [0, 0.1) is 11.8 Å². The van der Waals surface area contributed by atoms with Crippen LogP contribution in [-0.4, -0.2) is 47.8 Å². The second-order valence-corrected chi connectivity index (χ2v) is 8.69. The molecule has 2 aliphatic carbocycles. The van der Waals surface area contributed by atoms with Crippen molar-refractivity contribution < 1.29 is 14.4 Å². The molecule has 0 spiro atoms. The summed E-state index contributed by atoms with van der Waals surface area (Å²) in [4.78, 5) is 39.4. The molecule has 0 aromatic rings. The third kappa shape index (κ3) is 5.45. The normalized spacial score (nSPS) is 25.8. The van der Waals surface area contributed by atoms with Gasteiger partial charge in [0.25, 0.3) is 0 Å². The van der Waals surface area contributed by atoms with Crippen LogP contribution < -0.4 is 10.6 Å². The largest absolute Gasteiger partial charge is 0.353 e. The first-order valence-corrected chi connectivity index (χ1v) is 10.9. The Bertz CT molecular complexity index is 539. The smallest absolute Gasteiger partial charge is 0.245 e. The molecular weight excluding hydrogens is 342 g/mol. The Balaban J connectivity index is 1.58. The lowest BCUT2D eigenvalue weighted by molar-refractivity contribution is -0.141. The maximum absolute atomic E-state index is 13.2. The van der Waals surface area contributed by atoms with Gasteiger partial charge in [-0.25, -0.2) is 0 Å². The fourth-order valence-corrected chi connectivity index (χ4v) is 5.04. The molecule has 3 amide bonds. The molecule has 0 radical (unpaired) electrons. The number of hydrogen-bond acceptors (Lipinski definition) is 3. The highest BCUT2D eigenvalue weighted by molar-refractivity contribution is 5.88. The molecular formula is C21H35N3O3. The number of amides is 3. The second kappa shape index (κ2) is 9.56. The Morgan fingerprint density at radius 2 is 1.56 bits per heavy atom. The van der Waals surface area contributed by atoms with Gasteiger partial charge in [-0.1, -0.05) is 32.1 Å². The highest BCUT2D eigenvalue weighted by atomic mass is 16.2. The van der Waals surface area contributed by atoms with Gasteiger partial charge in [0, 0.05) is 26.1 Å². The van der Waals surface area contributed by atoms with E-state index in [2.05, 4.69) is 10.6 Å². The average molecular weight is 378 g/mol. The van der Waals surface area contributed by atoms with E-state index < -0.39 is 6.04 Å². The van der Waals surface area contributed by atoms with Crippen molar-refractivity contribution in [1.29, 1.82) is 0 Å². The molecule has 0 bridgehead atoms. The van der Waals surface area contributed by atoms with E-state index in [4.69, 9.17) is 0 Å². The fraction of sp³-hybridized carbons (Fsp3) is 0.857.